The lowest BCUT2D eigenvalue weighted by Crippen LogP contribution is -2.11. The van der Waals surface area contributed by atoms with Crippen molar-refractivity contribution in [1.29, 1.82) is 5.41 Å². The summed E-state index contributed by atoms with van der Waals surface area (Å²) in [6, 6.07) is 11.6. The molecule has 2 aromatic carbocycles. The van der Waals surface area contributed by atoms with Gasteiger partial charge in [-0.25, -0.2) is 9.37 Å². The maximum absolute atomic E-state index is 13.1. The number of thiazole rings is 1. The molecule has 0 saturated carbocycles. The second kappa shape index (κ2) is 9.45. The van der Waals surface area contributed by atoms with E-state index in [2.05, 4.69) is 4.98 Å². The molecular weight excluding hydrogens is 435 g/mol. The number of carbonyl (C=O) groups excluding carboxylic acids is 1. The fourth-order valence-corrected chi connectivity index (χ4v) is 4.89. The van der Waals surface area contributed by atoms with E-state index in [0.717, 1.165) is 11.1 Å². The third-order valence-corrected chi connectivity index (χ3v) is 6.39. The summed E-state index contributed by atoms with van der Waals surface area (Å²) in [4.78, 5) is 17.5. The van der Waals surface area contributed by atoms with Crippen molar-refractivity contribution in [2.75, 3.05) is 6.61 Å². The highest BCUT2D eigenvalue weighted by molar-refractivity contribution is 8.19. The first-order valence-corrected chi connectivity index (χ1v) is 11.3. The predicted octanol–water partition coefficient (Wildman–Crippen LogP) is 5.68. The molecule has 31 heavy (non-hydrogen) atoms. The van der Waals surface area contributed by atoms with Gasteiger partial charge in [0.2, 0.25) is 0 Å². The molecule has 158 valence electrons. The van der Waals surface area contributed by atoms with E-state index < -0.39 is 5.92 Å². The minimum absolute atomic E-state index is 0.112. The molecule has 0 radical (unpaired) electrons. The van der Waals surface area contributed by atoms with Crippen LogP contribution in [-0.4, -0.2) is 22.4 Å². The number of ether oxygens (including phenoxy) is 2. The first-order chi connectivity index (χ1) is 15.0. The van der Waals surface area contributed by atoms with Gasteiger partial charge in [0.05, 0.1) is 16.6 Å². The fourth-order valence-electron chi connectivity index (χ4n) is 3.09. The van der Waals surface area contributed by atoms with Gasteiger partial charge in [-0.2, -0.15) is 0 Å². The molecule has 1 saturated heterocycles. The Kier molecular flexibility index (Phi) is 6.48. The molecule has 3 aromatic rings. The van der Waals surface area contributed by atoms with Crippen molar-refractivity contribution < 1.29 is 18.7 Å². The van der Waals surface area contributed by atoms with Gasteiger partial charge in [-0.3, -0.25) is 10.2 Å². The molecule has 1 N–H and O–H groups in total. The number of nitrogens with one attached hydrogen (secondary N) is 1. The fraction of sp³-hybridized carbons (Fsp3) is 0.174. The van der Waals surface area contributed by atoms with Gasteiger partial charge in [0.1, 0.15) is 23.3 Å². The van der Waals surface area contributed by atoms with Crippen molar-refractivity contribution in [3.05, 3.63) is 80.9 Å². The van der Waals surface area contributed by atoms with Crippen LogP contribution in [0.3, 0.4) is 0 Å². The topological polar surface area (TPSA) is 72.3 Å². The average Bonchev–Trinajstić information content (AvgIpc) is 3.37. The number of Topliss-reactive ketones (excluding diaryl/α,β-unsaturated/α-hetero) is 1. The van der Waals surface area contributed by atoms with Gasteiger partial charge < -0.3 is 9.47 Å². The minimum atomic E-state index is -0.610. The first-order valence-electron chi connectivity index (χ1n) is 9.61. The van der Waals surface area contributed by atoms with Gasteiger partial charge in [0.15, 0.2) is 17.3 Å². The Hall–Kier alpha value is -2.97. The summed E-state index contributed by atoms with van der Waals surface area (Å²) in [5, 5.41) is 10.9. The normalized spacial score (nSPS) is 17.4. The van der Waals surface area contributed by atoms with E-state index in [1.807, 2.05) is 19.1 Å². The molecule has 1 fully saturated rings. The quantitative estimate of drug-likeness (QED) is 0.465. The predicted molar refractivity (Wildman–Crippen MR) is 121 cm³/mol. The third-order valence-electron chi connectivity index (χ3n) is 4.56. The zero-order valence-corrected chi connectivity index (χ0v) is 18.3. The zero-order chi connectivity index (χ0) is 21.8. The van der Waals surface area contributed by atoms with Crippen molar-refractivity contribution in [2.24, 2.45) is 0 Å². The van der Waals surface area contributed by atoms with E-state index >= 15 is 0 Å². The van der Waals surface area contributed by atoms with E-state index in [1.54, 1.807) is 35.9 Å². The van der Waals surface area contributed by atoms with Crippen LogP contribution in [0.2, 0.25) is 0 Å². The smallest absolute Gasteiger partial charge is 0.186 e. The van der Waals surface area contributed by atoms with E-state index in [1.165, 1.54) is 35.2 Å². The molecule has 4 rings (SSSR count). The van der Waals surface area contributed by atoms with E-state index in [0.29, 0.717) is 28.0 Å². The van der Waals surface area contributed by atoms with E-state index in [4.69, 9.17) is 14.9 Å². The highest BCUT2D eigenvalue weighted by Gasteiger charge is 2.38. The van der Waals surface area contributed by atoms with Crippen molar-refractivity contribution >= 4 is 40.0 Å². The molecule has 0 aliphatic carbocycles. The summed E-state index contributed by atoms with van der Waals surface area (Å²) >= 11 is 2.55. The molecule has 0 amide bonds. The Bertz CT molecular complexity index is 1130. The molecule has 0 spiro atoms. The number of hydrogen-bond donors (Lipinski definition) is 1. The van der Waals surface area contributed by atoms with Gasteiger partial charge in [-0.05, 0) is 48.4 Å². The largest absolute Gasteiger partial charge is 0.490 e. The maximum atomic E-state index is 13.1. The summed E-state index contributed by atoms with van der Waals surface area (Å²) in [5.74, 6) is 0.106. The molecule has 5 nitrogen and oxygen atoms in total. The Morgan fingerprint density at radius 1 is 1.16 bits per heavy atom. The van der Waals surface area contributed by atoms with Crippen LogP contribution in [0.25, 0.3) is 6.08 Å². The van der Waals surface area contributed by atoms with Crippen LogP contribution in [0.4, 0.5) is 4.39 Å². The number of allylic oxidation sites excluding steroid dienone is 1. The molecule has 0 bridgehead atoms. The Morgan fingerprint density at radius 3 is 2.68 bits per heavy atom. The van der Waals surface area contributed by atoms with Crippen LogP contribution < -0.4 is 9.47 Å². The van der Waals surface area contributed by atoms with Crippen LogP contribution in [0, 0.1) is 11.2 Å². The third kappa shape index (κ3) is 4.86. The molecule has 8 heteroatoms. The van der Waals surface area contributed by atoms with Crippen LogP contribution in [0.5, 0.6) is 11.5 Å². The highest BCUT2D eigenvalue weighted by Crippen LogP contribution is 2.41. The Labute approximate surface area is 187 Å². The van der Waals surface area contributed by atoms with Crippen molar-refractivity contribution in [3.8, 4) is 11.5 Å². The molecular formula is C23H19FN2O3S2. The SMILES string of the molecule is CCOc1cc(/C=C2\SC(=N)[C@H](c3nccs3)C2=O)ccc1OCc1ccc(F)cc1. The van der Waals surface area contributed by atoms with Crippen molar-refractivity contribution in [2.45, 2.75) is 19.4 Å². The van der Waals surface area contributed by atoms with Gasteiger partial charge in [0, 0.05) is 11.6 Å². The van der Waals surface area contributed by atoms with Gasteiger partial charge >= 0.3 is 0 Å². The van der Waals surface area contributed by atoms with Crippen LogP contribution in [0.15, 0.2) is 58.9 Å². The van der Waals surface area contributed by atoms with E-state index in [9.17, 15) is 9.18 Å². The van der Waals surface area contributed by atoms with Crippen molar-refractivity contribution in [3.63, 3.8) is 0 Å². The van der Waals surface area contributed by atoms with Crippen LogP contribution in [-0.2, 0) is 11.4 Å². The number of thioether (sulfide) groups is 1. The number of hydrogen-bond acceptors (Lipinski definition) is 7. The minimum Gasteiger partial charge on any atom is -0.490 e. The Morgan fingerprint density at radius 2 is 1.97 bits per heavy atom. The second-order valence-corrected chi connectivity index (χ2v) is 8.71. The number of carbonyl (C=O) groups is 1. The number of rotatable bonds is 7. The lowest BCUT2D eigenvalue weighted by molar-refractivity contribution is -0.114. The van der Waals surface area contributed by atoms with Gasteiger partial charge in [-0.15, -0.1) is 11.3 Å². The molecule has 2 heterocycles. The summed E-state index contributed by atoms with van der Waals surface area (Å²) in [6.45, 7) is 2.62. The second-order valence-electron chi connectivity index (χ2n) is 6.70. The van der Waals surface area contributed by atoms with Gasteiger partial charge in [0.25, 0.3) is 0 Å². The lowest BCUT2D eigenvalue weighted by Gasteiger charge is -2.13. The van der Waals surface area contributed by atoms with Crippen LogP contribution >= 0.6 is 23.1 Å². The summed E-state index contributed by atoms with van der Waals surface area (Å²) in [7, 11) is 0. The monoisotopic (exact) mass is 454 g/mol. The number of ketones is 1. The summed E-state index contributed by atoms with van der Waals surface area (Å²) in [6.07, 6.45) is 3.41. The molecule has 1 aliphatic heterocycles. The number of benzene rings is 2. The molecule has 1 aliphatic rings. The number of nitrogens with zero attached hydrogens (tertiary/aromatic N) is 1. The standard InChI is InChI=1S/C23H19FN2O3S2/c1-2-28-18-11-15(5-8-17(18)29-13-14-3-6-16(24)7-4-14)12-19-21(27)20(22(25)31-19)23-26-9-10-30-23/h3-12,20,25H,2,13H2,1H3/b19-12-,25-22?/t20-/m1/s1. The number of aromatic nitrogens is 1. The molecule has 1 atom stereocenters. The Balaban J connectivity index is 1.54. The first kappa shape index (κ1) is 21.3. The maximum Gasteiger partial charge on any atom is 0.186 e. The average molecular weight is 455 g/mol. The lowest BCUT2D eigenvalue weighted by atomic mass is 10.0. The summed E-state index contributed by atoms with van der Waals surface area (Å²) < 4.78 is 24.7. The van der Waals surface area contributed by atoms with Crippen LogP contribution in [0.1, 0.15) is 29.0 Å². The van der Waals surface area contributed by atoms with Crippen molar-refractivity contribution in [1.82, 2.24) is 4.98 Å². The zero-order valence-electron chi connectivity index (χ0n) is 16.6. The molecule has 1 aromatic heterocycles. The van der Waals surface area contributed by atoms with Gasteiger partial charge in [-0.1, -0.05) is 30.0 Å². The van der Waals surface area contributed by atoms with E-state index in [-0.39, 0.29) is 23.3 Å². The summed E-state index contributed by atoms with van der Waals surface area (Å²) in [5.41, 5.74) is 1.62. The highest BCUT2D eigenvalue weighted by atomic mass is 32.2. The molecule has 0 unspecified atom stereocenters. The number of halogens is 1.